The van der Waals surface area contributed by atoms with Crippen molar-refractivity contribution in [2.45, 2.75) is 25.3 Å². The van der Waals surface area contributed by atoms with Gasteiger partial charge in [-0.05, 0) is 37.0 Å². The third-order valence-corrected chi connectivity index (χ3v) is 4.89. The summed E-state index contributed by atoms with van der Waals surface area (Å²) >= 11 is 1.73. The van der Waals surface area contributed by atoms with Gasteiger partial charge >= 0.3 is 0 Å². The largest absolute Gasteiger partial charge is 0.519 e. The Balaban J connectivity index is 0.00000192. The molecule has 2 aromatic rings. The van der Waals surface area contributed by atoms with E-state index in [4.69, 9.17) is 6.58 Å². The van der Waals surface area contributed by atoms with Gasteiger partial charge in [0.05, 0.1) is 0 Å². The van der Waals surface area contributed by atoms with Crippen molar-refractivity contribution < 1.29 is 41.6 Å². The van der Waals surface area contributed by atoms with E-state index < -0.39 is 17.5 Å². The van der Waals surface area contributed by atoms with E-state index in [1.165, 1.54) is 22.9 Å². The Bertz CT molecular complexity index is 800. The molecule has 0 unspecified atom stereocenters. The molecule has 1 radical (unpaired) electrons. The molecule has 25 heavy (non-hydrogen) atoms. The molecule has 0 aromatic carbocycles. The molecule has 0 bridgehead atoms. The maximum Gasteiger partial charge on any atom is 0.261 e. The van der Waals surface area contributed by atoms with Crippen LogP contribution in [-0.4, -0.2) is 27.9 Å². The number of carbonyl (C=O) groups excluding carboxylic acids is 1. The Kier molecular flexibility index (Phi) is 9.42. The molecular formula is C17H20N2O4SSc-2. The maximum absolute atomic E-state index is 12.2. The number of fused-ring (bicyclic) bond motifs is 1. The van der Waals surface area contributed by atoms with Gasteiger partial charge in [-0.15, -0.1) is 17.4 Å². The fourth-order valence-corrected chi connectivity index (χ4v) is 3.81. The number of aryl methyl sites for hydroxylation is 1. The van der Waals surface area contributed by atoms with E-state index in [0.717, 1.165) is 24.1 Å². The van der Waals surface area contributed by atoms with E-state index in [9.17, 15) is 9.59 Å². The summed E-state index contributed by atoms with van der Waals surface area (Å²) < 4.78 is 0. The predicted octanol–water partition coefficient (Wildman–Crippen LogP) is 0.862. The molecule has 2 heterocycles. The first kappa shape index (κ1) is 23.7. The maximum atomic E-state index is 12.2. The van der Waals surface area contributed by atoms with E-state index in [0.29, 0.717) is 0 Å². The summed E-state index contributed by atoms with van der Waals surface area (Å²) in [6.45, 7) is 8.92. The number of hydrogen-bond donors (Lipinski definition) is 2. The van der Waals surface area contributed by atoms with Gasteiger partial charge in [0.1, 0.15) is 5.56 Å². The van der Waals surface area contributed by atoms with Crippen LogP contribution in [0.4, 0.5) is 0 Å². The molecule has 0 saturated heterocycles. The normalized spacial score (nSPS) is 12.7. The molecule has 133 valence electrons. The molecule has 8 heteroatoms. The van der Waals surface area contributed by atoms with Crippen molar-refractivity contribution in [1.82, 2.24) is 10.3 Å². The minimum absolute atomic E-state index is 0. The SMILES string of the molecule is O.O.[CH-]=C[C@H]([CH2-])NC(=O)c1ccc(-c2csc3c2CCC3)[nH]c1=O.[Sc]. The Labute approximate surface area is 168 Å². The summed E-state index contributed by atoms with van der Waals surface area (Å²) in [4.78, 5) is 28.4. The first-order valence-electron chi connectivity index (χ1n) is 7.12. The molecular weight excluding hydrogens is 373 g/mol. The number of aromatic nitrogens is 1. The summed E-state index contributed by atoms with van der Waals surface area (Å²) in [6.07, 6.45) is 4.59. The molecule has 6 nitrogen and oxygen atoms in total. The number of thiophene rings is 1. The minimum Gasteiger partial charge on any atom is -0.519 e. The van der Waals surface area contributed by atoms with Crippen LogP contribution in [0, 0.1) is 13.5 Å². The minimum atomic E-state index is -0.535. The molecule has 1 aliphatic rings. The zero-order valence-corrected chi connectivity index (χ0v) is 16.2. The molecule has 1 aliphatic carbocycles. The first-order chi connectivity index (χ1) is 10.6. The van der Waals surface area contributed by atoms with Crippen molar-refractivity contribution in [3.63, 3.8) is 0 Å². The number of aromatic amines is 1. The number of rotatable bonds is 4. The Morgan fingerprint density at radius 1 is 1.36 bits per heavy atom. The molecule has 1 amide bonds. The average Bonchev–Trinajstić information content (AvgIpc) is 3.09. The van der Waals surface area contributed by atoms with E-state index in [1.54, 1.807) is 23.5 Å². The number of hydrogen-bond acceptors (Lipinski definition) is 3. The van der Waals surface area contributed by atoms with Crippen LogP contribution < -0.4 is 10.9 Å². The second-order valence-corrected chi connectivity index (χ2v) is 6.26. The van der Waals surface area contributed by atoms with E-state index in [2.05, 4.69) is 22.6 Å². The van der Waals surface area contributed by atoms with Crippen molar-refractivity contribution in [2.75, 3.05) is 0 Å². The van der Waals surface area contributed by atoms with Gasteiger partial charge in [0, 0.05) is 47.4 Å². The van der Waals surface area contributed by atoms with Crippen LogP contribution in [0.5, 0.6) is 0 Å². The molecule has 0 fully saturated rings. The predicted molar refractivity (Wildman–Crippen MR) is 95.1 cm³/mol. The van der Waals surface area contributed by atoms with Gasteiger partial charge in [0.15, 0.2) is 0 Å². The van der Waals surface area contributed by atoms with Gasteiger partial charge < -0.3 is 34.8 Å². The summed E-state index contributed by atoms with van der Waals surface area (Å²) in [6, 6.07) is 2.79. The molecule has 2 aromatic heterocycles. The number of carbonyl (C=O) groups is 1. The number of nitrogens with one attached hydrogen (secondary N) is 2. The van der Waals surface area contributed by atoms with E-state index >= 15 is 0 Å². The fourth-order valence-electron chi connectivity index (χ4n) is 2.66. The first-order valence-corrected chi connectivity index (χ1v) is 8.00. The van der Waals surface area contributed by atoms with Crippen LogP contribution in [0.2, 0.25) is 0 Å². The molecule has 3 rings (SSSR count). The topological polar surface area (TPSA) is 125 Å². The average molecular weight is 393 g/mol. The monoisotopic (exact) mass is 393 g/mol. The number of pyridine rings is 1. The quantitative estimate of drug-likeness (QED) is 0.748. The van der Waals surface area contributed by atoms with Crippen molar-refractivity contribution in [1.29, 1.82) is 0 Å². The van der Waals surface area contributed by atoms with Gasteiger partial charge in [-0.1, -0.05) is 0 Å². The van der Waals surface area contributed by atoms with E-state index in [-0.39, 0.29) is 42.4 Å². The van der Waals surface area contributed by atoms with Gasteiger partial charge in [-0.2, -0.15) is 0 Å². The third kappa shape index (κ3) is 4.84. The fraction of sp³-hybridized carbons (Fsp3) is 0.235. The van der Waals surface area contributed by atoms with Crippen LogP contribution in [0.15, 0.2) is 28.4 Å². The zero-order chi connectivity index (χ0) is 15.7. The molecule has 0 aliphatic heterocycles. The van der Waals surface area contributed by atoms with Gasteiger partial charge in [0.2, 0.25) is 0 Å². The summed E-state index contributed by atoms with van der Waals surface area (Å²) in [5, 5.41) is 4.61. The molecule has 0 saturated carbocycles. The van der Waals surface area contributed by atoms with Crippen LogP contribution in [-0.2, 0) is 38.7 Å². The molecule has 1 atom stereocenters. The van der Waals surface area contributed by atoms with Crippen molar-refractivity contribution in [3.05, 3.63) is 63.4 Å². The van der Waals surface area contributed by atoms with Crippen molar-refractivity contribution >= 4 is 17.2 Å². The smallest absolute Gasteiger partial charge is 0.261 e. The van der Waals surface area contributed by atoms with Crippen molar-refractivity contribution in [3.8, 4) is 11.3 Å². The van der Waals surface area contributed by atoms with Crippen LogP contribution in [0.3, 0.4) is 0 Å². The van der Waals surface area contributed by atoms with Gasteiger partial charge in [-0.25, -0.2) is 0 Å². The Morgan fingerprint density at radius 3 is 2.72 bits per heavy atom. The van der Waals surface area contributed by atoms with Gasteiger partial charge in [-0.3, -0.25) is 15.7 Å². The standard InChI is InChI=1S/C17H16N2O2S.2H2O.Sc/c1-3-10(2)18-16(20)12-7-8-14(19-17(12)21)13-9-22-15-6-4-5-11(13)15;;;/h1,3,7-10H,2,4-6H2,(H,18,20)(H,19,21);2*1H2;/q-2;;;/t10-;;;/m0.../s1. The number of H-pyrrole nitrogens is 1. The Hall–Kier alpha value is -1.35. The van der Waals surface area contributed by atoms with Crippen LogP contribution >= 0.6 is 11.3 Å². The third-order valence-electron chi connectivity index (χ3n) is 3.80. The van der Waals surface area contributed by atoms with Gasteiger partial charge in [0.25, 0.3) is 11.5 Å². The summed E-state index contributed by atoms with van der Waals surface area (Å²) in [5.41, 5.74) is 2.82. The molecule has 0 spiro atoms. The zero-order valence-electron chi connectivity index (χ0n) is 13.6. The second kappa shape index (κ2) is 9.96. The Morgan fingerprint density at radius 2 is 2.08 bits per heavy atom. The second-order valence-electron chi connectivity index (χ2n) is 5.29. The summed E-state index contributed by atoms with van der Waals surface area (Å²) in [5.74, 6) is -0.481. The van der Waals surface area contributed by atoms with Crippen LogP contribution in [0.1, 0.15) is 27.2 Å². The molecule has 6 N–H and O–H groups in total. The van der Waals surface area contributed by atoms with E-state index in [1.807, 2.05) is 0 Å². The number of amides is 1. The summed E-state index contributed by atoms with van der Waals surface area (Å²) in [7, 11) is 0. The van der Waals surface area contributed by atoms with Crippen LogP contribution in [0.25, 0.3) is 11.3 Å². The van der Waals surface area contributed by atoms with Crippen molar-refractivity contribution in [2.24, 2.45) is 0 Å².